The molecule has 0 unspecified atom stereocenters. The van der Waals surface area contributed by atoms with Crippen molar-refractivity contribution in [2.45, 2.75) is 26.2 Å². The number of hydrogen-bond acceptors (Lipinski definition) is 1. The third-order valence-electron chi connectivity index (χ3n) is 3.30. The number of aromatic carboxylic acids is 1. The summed E-state index contributed by atoms with van der Waals surface area (Å²) < 4.78 is 14.1. The van der Waals surface area contributed by atoms with Crippen molar-refractivity contribution in [1.82, 2.24) is 0 Å². The lowest BCUT2D eigenvalue weighted by Gasteiger charge is -2.07. The SMILES string of the molecule is CCCCc1ccc(-c2ccc(C(=O)O)cc2)c(F)c1. The van der Waals surface area contributed by atoms with E-state index >= 15 is 0 Å². The Morgan fingerprint density at radius 3 is 2.40 bits per heavy atom. The number of unbranched alkanes of at least 4 members (excludes halogenated alkanes) is 1. The van der Waals surface area contributed by atoms with Crippen LogP contribution in [0.1, 0.15) is 35.7 Å². The predicted octanol–water partition coefficient (Wildman–Crippen LogP) is 4.53. The average Bonchev–Trinajstić information content (AvgIpc) is 2.45. The van der Waals surface area contributed by atoms with E-state index in [2.05, 4.69) is 6.92 Å². The van der Waals surface area contributed by atoms with Gasteiger partial charge in [0.2, 0.25) is 0 Å². The number of carbonyl (C=O) groups is 1. The number of aryl methyl sites for hydroxylation is 1. The minimum atomic E-state index is -0.980. The van der Waals surface area contributed by atoms with Gasteiger partial charge in [-0.2, -0.15) is 0 Å². The molecule has 0 saturated heterocycles. The van der Waals surface area contributed by atoms with Crippen molar-refractivity contribution in [3.8, 4) is 11.1 Å². The second kappa shape index (κ2) is 6.33. The zero-order valence-electron chi connectivity index (χ0n) is 11.4. The molecule has 0 spiro atoms. The monoisotopic (exact) mass is 272 g/mol. The maximum absolute atomic E-state index is 14.1. The summed E-state index contributed by atoms with van der Waals surface area (Å²) in [5.41, 5.74) is 2.39. The van der Waals surface area contributed by atoms with Crippen molar-refractivity contribution in [3.63, 3.8) is 0 Å². The maximum Gasteiger partial charge on any atom is 0.335 e. The molecule has 0 atom stereocenters. The van der Waals surface area contributed by atoms with E-state index in [4.69, 9.17) is 5.11 Å². The molecule has 2 nitrogen and oxygen atoms in total. The van der Waals surface area contributed by atoms with Gasteiger partial charge in [-0.25, -0.2) is 9.18 Å². The molecular weight excluding hydrogens is 255 g/mol. The number of carboxylic acids is 1. The van der Waals surface area contributed by atoms with Gasteiger partial charge in [-0.05, 0) is 42.2 Å². The summed E-state index contributed by atoms with van der Waals surface area (Å²) in [5.74, 6) is -1.24. The summed E-state index contributed by atoms with van der Waals surface area (Å²) in [5, 5.41) is 8.85. The largest absolute Gasteiger partial charge is 0.478 e. The first-order chi connectivity index (χ1) is 9.61. The van der Waals surface area contributed by atoms with E-state index in [-0.39, 0.29) is 11.4 Å². The van der Waals surface area contributed by atoms with Crippen LogP contribution in [0.25, 0.3) is 11.1 Å². The molecule has 3 heteroatoms. The van der Waals surface area contributed by atoms with E-state index in [1.807, 2.05) is 6.07 Å². The van der Waals surface area contributed by atoms with Crippen molar-refractivity contribution >= 4 is 5.97 Å². The molecule has 0 aliphatic rings. The van der Waals surface area contributed by atoms with E-state index < -0.39 is 5.97 Å². The fourth-order valence-electron chi connectivity index (χ4n) is 2.12. The van der Waals surface area contributed by atoms with Crippen molar-refractivity contribution in [2.24, 2.45) is 0 Å². The van der Waals surface area contributed by atoms with Crippen molar-refractivity contribution < 1.29 is 14.3 Å². The van der Waals surface area contributed by atoms with Crippen LogP contribution in [0.2, 0.25) is 0 Å². The van der Waals surface area contributed by atoms with Gasteiger partial charge in [0, 0.05) is 5.56 Å². The standard InChI is InChI=1S/C17H17FO2/c1-2-3-4-12-5-10-15(16(18)11-12)13-6-8-14(9-7-13)17(19)20/h5-11H,2-4H2,1H3,(H,19,20). The molecule has 0 saturated carbocycles. The molecule has 0 aromatic heterocycles. The molecule has 20 heavy (non-hydrogen) atoms. The van der Waals surface area contributed by atoms with Crippen molar-refractivity contribution in [1.29, 1.82) is 0 Å². The molecule has 0 heterocycles. The van der Waals surface area contributed by atoms with Gasteiger partial charge >= 0.3 is 5.97 Å². The van der Waals surface area contributed by atoms with Crippen LogP contribution in [0.5, 0.6) is 0 Å². The van der Waals surface area contributed by atoms with Gasteiger partial charge in [-0.1, -0.05) is 37.6 Å². The number of halogens is 1. The quantitative estimate of drug-likeness (QED) is 0.868. The third kappa shape index (κ3) is 3.23. The number of carboxylic acid groups (broad SMARTS) is 1. The Morgan fingerprint density at radius 1 is 1.15 bits per heavy atom. The lowest BCUT2D eigenvalue weighted by molar-refractivity contribution is 0.0697. The van der Waals surface area contributed by atoms with Crippen molar-refractivity contribution in [3.05, 3.63) is 59.4 Å². The maximum atomic E-state index is 14.1. The van der Waals surface area contributed by atoms with Crippen LogP contribution in [0.3, 0.4) is 0 Å². The Hall–Kier alpha value is -2.16. The Bertz CT molecular complexity index is 603. The first-order valence-electron chi connectivity index (χ1n) is 6.74. The van der Waals surface area contributed by atoms with Crippen molar-refractivity contribution in [2.75, 3.05) is 0 Å². The summed E-state index contributed by atoms with van der Waals surface area (Å²) in [4.78, 5) is 10.8. The van der Waals surface area contributed by atoms with Gasteiger partial charge in [0.1, 0.15) is 5.82 Å². The molecule has 2 rings (SSSR count). The van der Waals surface area contributed by atoms with Crippen LogP contribution in [-0.2, 0) is 6.42 Å². The first-order valence-corrected chi connectivity index (χ1v) is 6.74. The number of rotatable bonds is 5. The van der Waals surface area contributed by atoms with Gasteiger partial charge < -0.3 is 5.11 Å². The summed E-state index contributed by atoms with van der Waals surface area (Å²) in [6, 6.07) is 11.5. The lowest BCUT2D eigenvalue weighted by atomic mass is 10.00. The zero-order chi connectivity index (χ0) is 14.5. The molecule has 0 radical (unpaired) electrons. The van der Waals surface area contributed by atoms with E-state index in [9.17, 15) is 9.18 Å². The molecule has 0 bridgehead atoms. The Balaban J connectivity index is 2.26. The molecule has 2 aromatic carbocycles. The molecule has 0 amide bonds. The van der Waals surface area contributed by atoms with Gasteiger partial charge in [0.05, 0.1) is 5.56 Å². The smallest absolute Gasteiger partial charge is 0.335 e. The molecular formula is C17H17FO2. The lowest BCUT2D eigenvalue weighted by Crippen LogP contribution is -1.95. The van der Waals surface area contributed by atoms with Crippen LogP contribution < -0.4 is 0 Å². The fraction of sp³-hybridized carbons (Fsp3) is 0.235. The van der Waals surface area contributed by atoms with Crippen LogP contribution in [0, 0.1) is 5.82 Å². The second-order valence-electron chi connectivity index (χ2n) is 4.80. The minimum Gasteiger partial charge on any atom is -0.478 e. The fourth-order valence-corrected chi connectivity index (χ4v) is 2.12. The molecule has 1 N–H and O–H groups in total. The highest BCUT2D eigenvalue weighted by Crippen LogP contribution is 2.24. The Morgan fingerprint density at radius 2 is 1.85 bits per heavy atom. The molecule has 104 valence electrons. The summed E-state index contributed by atoms with van der Waals surface area (Å²) in [7, 11) is 0. The molecule has 0 aliphatic heterocycles. The van der Waals surface area contributed by atoms with E-state index in [0.29, 0.717) is 11.1 Å². The average molecular weight is 272 g/mol. The first kappa shape index (κ1) is 14.3. The zero-order valence-corrected chi connectivity index (χ0v) is 11.4. The van der Waals surface area contributed by atoms with Gasteiger partial charge in [-0.3, -0.25) is 0 Å². The van der Waals surface area contributed by atoms with E-state index in [1.165, 1.54) is 12.1 Å². The Kier molecular flexibility index (Phi) is 4.51. The topological polar surface area (TPSA) is 37.3 Å². The Labute approximate surface area is 117 Å². The molecule has 2 aromatic rings. The normalized spacial score (nSPS) is 10.5. The highest BCUT2D eigenvalue weighted by atomic mass is 19.1. The van der Waals surface area contributed by atoms with E-state index in [0.717, 1.165) is 24.8 Å². The van der Waals surface area contributed by atoms with Crippen LogP contribution in [0.15, 0.2) is 42.5 Å². The van der Waals surface area contributed by atoms with Crippen LogP contribution >= 0.6 is 0 Å². The number of benzene rings is 2. The summed E-state index contributed by atoms with van der Waals surface area (Å²) in [6.07, 6.45) is 3.01. The van der Waals surface area contributed by atoms with Gasteiger partial charge in [0.15, 0.2) is 0 Å². The highest BCUT2D eigenvalue weighted by Gasteiger charge is 2.08. The molecule has 0 fully saturated rings. The van der Waals surface area contributed by atoms with Crippen LogP contribution in [0.4, 0.5) is 4.39 Å². The van der Waals surface area contributed by atoms with Gasteiger partial charge in [-0.15, -0.1) is 0 Å². The molecule has 0 aliphatic carbocycles. The van der Waals surface area contributed by atoms with E-state index in [1.54, 1.807) is 24.3 Å². The summed E-state index contributed by atoms with van der Waals surface area (Å²) in [6.45, 7) is 2.11. The summed E-state index contributed by atoms with van der Waals surface area (Å²) >= 11 is 0. The van der Waals surface area contributed by atoms with Crippen LogP contribution in [-0.4, -0.2) is 11.1 Å². The minimum absolute atomic E-state index is 0.203. The predicted molar refractivity (Wildman–Crippen MR) is 77.4 cm³/mol. The highest BCUT2D eigenvalue weighted by molar-refractivity contribution is 5.88. The second-order valence-corrected chi connectivity index (χ2v) is 4.80. The third-order valence-corrected chi connectivity index (χ3v) is 3.30. The van der Waals surface area contributed by atoms with Gasteiger partial charge in [0.25, 0.3) is 0 Å². The number of hydrogen-bond donors (Lipinski definition) is 1.